The first-order valence-electron chi connectivity index (χ1n) is 8.91. The van der Waals surface area contributed by atoms with Gasteiger partial charge in [-0.25, -0.2) is 13.4 Å². The number of aromatic nitrogens is 2. The Morgan fingerprint density at radius 3 is 2.74 bits per heavy atom. The second kappa shape index (κ2) is 6.49. The van der Waals surface area contributed by atoms with Gasteiger partial charge >= 0.3 is 0 Å². The number of carbonyl (C=O) groups is 1. The van der Waals surface area contributed by atoms with Crippen molar-refractivity contribution in [3.63, 3.8) is 0 Å². The lowest BCUT2D eigenvalue weighted by Crippen LogP contribution is -2.31. The number of benzene rings is 2. The van der Waals surface area contributed by atoms with Crippen LogP contribution >= 0.6 is 0 Å². The van der Waals surface area contributed by atoms with Gasteiger partial charge in [-0.05, 0) is 49.6 Å². The fourth-order valence-electron chi connectivity index (χ4n) is 3.64. The first kappa shape index (κ1) is 17.7. The fraction of sp³-hybridized carbons (Fsp3) is 0.300. The van der Waals surface area contributed by atoms with E-state index in [2.05, 4.69) is 9.97 Å². The molecule has 1 amide bonds. The van der Waals surface area contributed by atoms with Crippen LogP contribution in [0.25, 0.3) is 11.0 Å². The third-order valence-electron chi connectivity index (χ3n) is 5.10. The van der Waals surface area contributed by atoms with Gasteiger partial charge in [0.1, 0.15) is 5.82 Å². The molecular weight excluding hydrogens is 362 g/mol. The zero-order valence-electron chi connectivity index (χ0n) is 15.3. The van der Waals surface area contributed by atoms with Gasteiger partial charge in [0.15, 0.2) is 9.84 Å². The number of likely N-dealkylation sites (tertiary alicyclic amines) is 1. The van der Waals surface area contributed by atoms with Gasteiger partial charge in [-0.2, -0.15) is 0 Å². The summed E-state index contributed by atoms with van der Waals surface area (Å²) in [5.74, 6) is 0.625. The number of fused-ring (bicyclic) bond motifs is 1. The molecule has 0 bridgehead atoms. The molecule has 2 heterocycles. The van der Waals surface area contributed by atoms with Crippen molar-refractivity contribution < 1.29 is 13.2 Å². The van der Waals surface area contributed by atoms with E-state index in [1.165, 1.54) is 6.07 Å². The van der Waals surface area contributed by atoms with E-state index in [0.717, 1.165) is 41.5 Å². The van der Waals surface area contributed by atoms with E-state index in [9.17, 15) is 13.2 Å². The normalized spacial score (nSPS) is 17.6. The van der Waals surface area contributed by atoms with Crippen molar-refractivity contribution in [1.29, 1.82) is 0 Å². The topological polar surface area (TPSA) is 83.1 Å². The van der Waals surface area contributed by atoms with Crippen LogP contribution < -0.4 is 0 Å². The summed E-state index contributed by atoms with van der Waals surface area (Å²) in [5.41, 5.74) is 3.02. The number of para-hydroxylation sites is 2. The van der Waals surface area contributed by atoms with Gasteiger partial charge in [-0.15, -0.1) is 0 Å². The van der Waals surface area contributed by atoms with Gasteiger partial charge in [0.25, 0.3) is 5.91 Å². The third kappa shape index (κ3) is 3.23. The van der Waals surface area contributed by atoms with E-state index in [1.807, 2.05) is 31.2 Å². The lowest BCUT2D eigenvalue weighted by Gasteiger charge is -2.24. The number of hydrogen-bond donors (Lipinski definition) is 1. The SMILES string of the molecule is Cc1ccc(S(C)(=O)=O)cc1C(=O)N1CCCC1c1nc2ccccc2[nH]1. The van der Waals surface area contributed by atoms with Crippen molar-refractivity contribution in [2.45, 2.75) is 30.7 Å². The van der Waals surface area contributed by atoms with E-state index in [4.69, 9.17) is 0 Å². The number of sulfone groups is 1. The number of rotatable bonds is 3. The predicted octanol–water partition coefficient (Wildman–Crippen LogP) is 3.25. The molecule has 6 nitrogen and oxygen atoms in total. The van der Waals surface area contributed by atoms with Crippen LogP contribution in [0.4, 0.5) is 0 Å². The van der Waals surface area contributed by atoms with E-state index in [1.54, 1.807) is 17.0 Å². The zero-order chi connectivity index (χ0) is 19.2. The van der Waals surface area contributed by atoms with Crippen LogP contribution in [0.1, 0.15) is 40.6 Å². The molecule has 1 fully saturated rings. The maximum absolute atomic E-state index is 13.2. The van der Waals surface area contributed by atoms with Gasteiger partial charge in [0.05, 0.1) is 22.0 Å². The maximum atomic E-state index is 13.2. The van der Waals surface area contributed by atoms with Crippen molar-refractivity contribution in [2.24, 2.45) is 0 Å². The fourth-order valence-corrected chi connectivity index (χ4v) is 4.29. The number of H-pyrrole nitrogens is 1. The summed E-state index contributed by atoms with van der Waals surface area (Å²) in [7, 11) is -3.37. The van der Waals surface area contributed by atoms with E-state index in [-0.39, 0.29) is 16.8 Å². The molecule has 0 spiro atoms. The molecule has 1 saturated heterocycles. The van der Waals surface area contributed by atoms with Crippen LogP contribution in [-0.4, -0.2) is 42.0 Å². The van der Waals surface area contributed by atoms with Gasteiger partial charge in [0, 0.05) is 18.4 Å². The van der Waals surface area contributed by atoms with Crippen LogP contribution in [0, 0.1) is 6.92 Å². The molecule has 2 aromatic carbocycles. The molecule has 0 radical (unpaired) electrons. The average Bonchev–Trinajstić information content (AvgIpc) is 3.27. The number of imidazole rings is 1. The summed E-state index contributed by atoms with van der Waals surface area (Å²) >= 11 is 0. The standard InChI is InChI=1S/C20H21N3O3S/c1-13-9-10-14(27(2,25)26)12-15(13)20(24)23-11-5-8-18(23)19-21-16-6-3-4-7-17(16)22-19/h3-4,6-7,9-10,12,18H,5,8,11H2,1-2H3,(H,21,22). The van der Waals surface area contributed by atoms with Gasteiger partial charge < -0.3 is 9.88 Å². The molecule has 1 aliphatic heterocycles. The van der Waals surface area contributed by atoms with E-state index in [0.29, 0.717) is 12.1 Å². The number of carbonyl (C=O) groups excluding carboxylic acids is 1. The largest absolute Gasteiger partial charge is 0.340 e. The molecule has 140 valence electrons. The van der Waals surface area contributed by atoms with Crippen molar-refractivity contribution >= 4 is 26.8 Å². The lowest BCUT2D eigenvalue weighted by atomic mass is 10.1. The number of aromatic amines is 1. The molecule has 1 atom stereocenters. The Morgan fingerprint density at radius 1 is 1.22 bits per heavy atom. The number of nitrogens with zero attached hydrogens (tertiary/aromatic N) is 2. The molecule has 1 aromatic heterocycles. The highest BCUT2D eigenvalue weighted by Gasteiger charge is 2.33. The Balaban J connectivity index is 1.71. The molecule has 3 aromatic rings. The minimum Gasteiger partial charge on any atom is -0.340 e. The van der Waals surface area contributed by atoms with Gasteiger partial charge in [0.2, 0.25) is 0 Å². The quantitative estimate of drug-likeness (QED) is 0.752. The van der Waals surface area contributed by atoms with Crippen LogP contribution in [-0.2, 0) is 9.84 Å². The highest BCUT2D eigenvalue weighted by molar-refractivity contribution is 7.90. The summed E-state index contributed by atoms with van der Waals surface area (Å²) in [6, 6.07) is 12.4. The van der Waals surface area contributed by atoms with Crippen molar-refractivity contribution in [2.75, 3.05) is 12.8 Å². The predicted molar refractivity (Wildman–Crippen MR) is 103 cm³/mol. The molecule has 1 unspecified atom stereocenters. The second-order valence-corrected chi connectivity index (χ2v) is 9.06. The minimum atomic E-state index is -3.37. The number of amides is 1. The van der Waals surface area contributed by atoms with E-state index >= 15 is 0 Å². The van der Waals surface area contributed by atoms with Crippen LogP contribution in [0.2, 0.25) is 0 Å². The molecule has 0 aliphatic carbocycles. The number of aryl methyl sites for hydroxylation is 1. The van der Waals surface area contributed by atoms with Crippen molar-refractivity contribution in [3.05, 3.63) is 59.4 Å². The Labute approximate surface area is 158 Å². The number of nitrogens with one attached hydrogen (secondary N) is 1. The Morgan fingerprint density at radius 2 is 2.00 bits per heavy atom. The molecule has 0 saturated carbocycles. The molecular formula is C20H21N3O3S. The average molecular weight is 383 g/mol. The van der Waals surface area contributed by atoms with E-state index < -0.39 is 9.84 Å². The molecule has 7 heteroatoms. The number of hydrogen-bond acceptors (Lipinski definition) is 4. The second-order valence-electron chi connectivity index (χ2n) is 7.04. The highest BCUT2D eigenvalue weighted by Crippen LogP contribution is 2.33. The Hall–Kier alpha value is -2.67. The summed E-state index contributed by atoms with van der Waals surface area (Å²) in [5, 5.41) is 0. The summed E-state index contributed by atoms with van der Waals surface area (Å²) in [4.78, 5) is 23.2. The van der Waals surface area contributed by atoms with Crippen LogP contribution in [0.15, 0.2) is 47.4 Å². The van der Waals surface area contributed by atoms with Crippen LogP contribution in [0.5, 0.6) is 0 Å². The molecule has 27 heavy (non-hydrogen) atoms. The molecule has 4 rings (SSSR count). The van der Waals surface area contributed by atoms with Gasteiger partial charge in [-0.1, -0.05) is 18.2 Å². The first-order valence-corrected chi connectivity index (χ1v) is 10.8. The monoisotopic (exact) mass is 383 g/mol. The minimum absolute atomic E-state index is 0.133. The highest BCUT2D eigenvalue weighted by atomic mass is 32.2. The van der Waals surface area contributed by atoms with Crippen molar-refractivity contribution in [1.82, 2.24) is 14.9 Å². The van der Waals surface area contributed by atoms with Crippen LogP contribution in [0.3, 0.4) is 0 Å². The molecule has 1 N–H and O–H groups in total. The summed E-state index contributed by atoms with van der Waals surface area (Å²) in [6.45, 7) is 2.45. The maximum Gasteiger partial charge on any atom is 0.254 e. The smallest absolute Gasteiger partial charge is 0.254 e. The first-order chi connectivity index (χ1) is 12.8. The Bertz CT molecular complexity index is 1100. The third-order valence-corrected chi connectivity index (χ3v) is 6.21. The summed E-state index contributed by atoms with van der Waals surface area (Å²) < 4.78 is 23.8. The van der Waals surface area contributed by atoms with Crippen molar-refractivity contribution in [3.8, 4) is 0 Å². The lowest BCUT2D eigenvalue weighted by molar-refractivity contribution is 0.0729. The zero-order valence-corrected chi connectivity index (χ0v) is 16.1. The Kier molecular flexibility index (Phi) is 4.26. The summed E-state index contributed by atoms with van der Waals surface area (Å²) in [6.07, 6.45) is 2.87. The molecule has 1 aliphatic rings. The van der Waals surface area contributed by atoms with Gasteiger partial charge in [-0.3, -0.25) is 4.79 Å².